The van der Waals surface area contributed by atoms with E-state index in [1.165, 1.54) is 24.0 Å². The molecule has 0 spiro atoms. The summed E-state index contributed by atoms with van der Waals surface area (Å²) in [5.74, 6) is 0.332. The molecule has 1 aromatic rings. The van der Waals surface area contributed by atoms with Gasteiger partial charge in [-0.3, -0.25) is 4.79 Å². The Hall–Kier alpha value is -1.35. The Morgan fingerprint density at radius 1 is 1.28 bits per heavy atom. The van der Waals surface area contributed by atoms with E-state index in [0.29, 0.717) is 18.4 Å². The van der Waals surface area contributed by atoms with Gasteiger partial charge in [0.05, 0.1) is 0 Å². The number of carbonyl (C=O) groups is 1. The second-order valence-electron chi connectivity index (χ2n) is 5.26. The van der Waals surface area contributed by atoms with Crippen LogP contribution in [0.4, 0.5) is 0 Å². The zero-order valence-corrected chi connectivity index (χ0v) is 10.7. The monoisotopic (exact) mass is 244 g/mol. The lowest BCUT2D eigenvalue weighted by molar-refractivity contribution is -0.130. The van der Waals surface area contributed by atoms with Crippen molar-refractivity contribution in [2.45, 2.75) is 38.3 Å². The van der Waals surface area contributed by atoms with Gasteiger partial charge in [0.25, 0.3) is 0 Å². The largest absolute Gasteiger partial charge is 0.343 e. The zero-order chi connectivity index (χ0) is 12.4. The minimum absolute atomic E-state index is 0.332. The summed E-state index contributed by atoms with van der Waals surface area (Å²) >= 11 is 0. The number of nitrogens with one attached hydrogen (secondary N) is 1. The van der Waals surface area contributed by atoms with Crippen LogP contribution in [0.2, 0.25) is 0 Å². The van der Waals surface area contributed by atoms with Crippen LogP contribution >= 0.6 is 0 Å². The number of hydrogen-bond acceptors (Lipinski definition) is 2. The van der Waals surface area contributed by atoms with Crippen LogP contribution < -0.4 is 5.32 Å². The first kappa shape index (κ1) is 11.7. The number of nitrogens with zero attached hydrogens (tertiary/aromatic N) is 1. The van der Waals surface area contributed by atoms with Crippen molar-refractivity contribution in [3.8, 4) is 0 Å². The number of hydrogen-bond donors (Lipinski definition) is 1. The summed E-state index contributed by atoms with van der Waals surface area (Å²) in [7, 11) is 0. The van der Waals surface area contributed by atoms with Crippen LogP contribution in [0.5, 0.6) is 0 Å². The van der Waals surface area contributed by atoms with E-state index in [4.69, 9.17) is 0 Å². The van der Waals surface area contributed by atoms with Crippen LogP contribution in [0.1, 0.15) is 42.9 Å². The number of likely N-dealkylation sites (tertiary alicyclic amines) is 1. The third kappa shape index (κ3) is 2.27. The number of benzene rings is 1. The van der Waals surface area contributed by atoms with E-state index in [-0.39, 0.29) is 0 Å². The van der Waals surface area contributed by atoms with Crippen molar-refractivity contribution in [2.75, 3.05) is 13.1 Å². The molecule has 2 heterocycles. The summed E-state index contributed by atoms with van der Waals surface area (Å²) in [5, 5.41) is 3.50. The standard InChI is InChI=1S/C15H20N2O/c18-15(17-9-3-4-10-17)8-7-14-13-6-2-1-5-12(13)11-16-14/h1-2,5-6,14,16H,3-4,7-11H2. The smallest absolute Gasteiger partial charge is 0.222 e. The summed E-state index contributed by atoms with van der Waals surface area (Å²) in [5.41, 5.74) is 2.77. The molecule has 0 bridgehead atoms. The molecule has 0 aliphatic carbocycles. The molecule has 3 rings (SSSR count). The fourth-order valence-electron chi connectivity index (χ4n) is 3.03. The highest BCUT2D eigenvalue weighted by Crippen LogP contribution is 2.28. The van der Waals surface area contributed by atoms with Crippen LogP contribution in [0.25, 0.3) is 0 Å². The van der Waals surface area contributed by atoms with Crippen molar-refractivity contribution in [1.29, 1.82) is 0 Å². The maximum absolute atomic E-state index is 12.0. The van der Waals surface area contributed by atoms with E-state index in [2.05, 4.69) is 29.6 Å². The lowest BCUT2D eigenvalue weighted by atomic mass is 10.0. The summed E-state index contributed by atoms with van der Waals surface area (Å²) in [6, 6.07) is 8.89. The van der Waals surface area contributed by atoms with Gasteiger partial charge in [0, 0.05) is 32.1 Å². The normalized spacial score (nSPS) is 22.2. The molecule has 0 saturated carbocycles. The van der Waals surface area contributed by atoms with Gasteiger partial charge in [-0.2, -0.15) is 0 Å². The SMILES string of the molecule is O=C(CCC1NCc2ccccc21)N1CCCC1. The lowest BCUT2D eigenvalue weighted by Crippen LogP contribution is -2.28. The van der Waals surface area contributed by atoms with E-state index in [0.717, 1.165) is 26.1 Å². The molecule has 2 aliphatic rings. The average molecular weight is 244 g/mol. The lowest BCUT2D eigenvalue weighted by Gasteiger charge is -2.17. The van der Waals surface area contributed by atoms with Gasteiger partial charge in [0.1, 0.15) is 0 Å². The molecule has 3 heteroatoms. The van der Waals surface area contributed by atoms with E-state index in [1.807, 2.05) is 4.90 Å². The minimum atomic E-state index is 0.332. The van der Waals surface area contributed by atoms with Crippen LogP contribution in [-0.2, 0) is 11.3 Å². The molecular weight excluding hydrogens is 224 g/mol. The van der Waals surface area contributed by atoms with Gasteiger partial charge in [0.2, 0.25) is 5.91 Å². The fourth-order valence-corrected chi connectivity index (χ4v) is 3.03. The highest BCUT2D eigenvalue weighted by Gasteiger charge is 2.23. The summed E-state index contributed by atoms with van der Waals surface area (Å²) in [6.45, 7) is 2.87. The Kier molecular flexibility index (Phi) is 3.33. The molecule has 96 valence electrons. The Bertz CT molecular complexity index is 438. The molecule has 1 N–H and O–H groups in total. The molecular formula is C15H20N2O. The Morgan fingerprint density at radius 2 is 2.06 bits per heavy atom. The highest BCUT2D eigenvalue weighted by molar-refractivity contribution is 5.76. The predicted octanol–water partition coefficient (Wildman–Crippen LogP) is 2.23. The van der Waals surface area contributed by atoms with Gasteiger partial charge in [-0.1, -0.05) is 24.3 Å². The van der Waals surface area contributed by atoms with Crippen molar-refractivity contribution >= 4 is 5.91 Å². The van der Waals surface area contributed by atoms with Gasteiger partial charge in [-0.15, -0.1) is 0 Å². The number of fused-ring (bicyclic) bond motifs is 1. The topological polar surface area (TPSA) is 32.3 Å². The van der Waals surface area contributed by atoms with Gasteiger partial charge in [-0.25, -0.2) is 0 Å². The first-order valence-electron chi connectivity index (χ1n) is 6.93. The van der Waals surface area contributed by atoms with Crippen molar-refractivity contribution in [1.82, 2.24) is 10.2 Å². The van der Waals surface area contributed by atoms with Gasteiger partial charge in [0.15, 0.2) is 0 Å². The number of rotatable bonds is 3. The summed E-state index contributed by atoms with van der Waals surface area (Å²) in [6.07, 6.45) is 3.95. The first-order chi connectivity index (χ1) is 8.84. The third-order valence-electron chi connectivity index (χ3n) is 4.08. The van der Waals surface area contributed by atoms with Crippen LogP contribution in [0, 0.1) is 0 Å². The average Bonchev–Trinajstić information content (AvgIpc) is 3.06. The van der Waals surface area contributed by atoms with E-state index in [9.17, 15) is 4.79 Å². The van der Waals surface area contributed by atoms with E-state index >= 15 is 0 Å². The van der Waals surface area contributed by atoms with Gasteiger partial charge in [-0.05, 0) is 30.4 Å². The number of carbonyl (C=O) groups excluding carboxylic acids is 1. The molecule has 1 aromatic carbocycles. The van der Waals surface area contributed by atoms with E-state index in [1.54, 1.807) is 0 Å². The Balaban J connectivity index is 1.57. The van der Waals surface area contributed by atoms with E-state index < -0.39 is 0 Å². The zero-order valence-electron chi connectivity index (χ0n) is 10.7. The van der Waals surface area contributed by atoms with Gasteiger partial charge < -0.3 is 10.2 Å². The Morgan fingerprint density at radius 3 is 2.89 bits per heavy atom. The second kappa shape index (κ2) is 5.11. The molecule has 1 amide bonds. The minimum Gasteiger partial charge on any atom is -0.343 e. The Labute approximate surface area is 108 Å². The maximum atomic E-state index is 12.0. The molecule has 1 unspecified atom stereocenters. The van der Waals surface area contributed by atoms with Crippen LogP contribution in [-0.4, -0.2) is 23.9 Å². The molecule has 18 heavy (non-hydrogen) atoms. The predicted molar refractivity (Wildman–Crippen MR) is 71.1 cm³/mol. The van der Waals surface area contributed by atoms with Crippen LogP contribution in [0.3, 0.4) is 0 Å². The molecule has 2 aliphatic heterocycles. The molecule has 1 atom stereocenters. The second-order valence-corrected chi connectivity index (χ2v) is 5.26. The molecule has 0 radical (unpaired) electrons. The quantitative estimate of drug-likeness (QED) is 0.884. The molecule has 1 fully saturated rings. The van der Waals surface area contributed by atoms with Crippen molar-refractivity contribution in [2.24, 2.45) is 0 Å². The highest BCUT2D eigenvalue weighted by atomic mass is 16.2. The summed E-state index contributed by atoms with van der Waals surface area (Å²) < 4.78 is 0. The van der Waals surface area contributed by atoms with Crippen molar-refractivity contribution < 1.29 is 4.79 Å². The fraction of sp³-hybridized carbons (Fsp3) is 0.533. The van der Waals surface area contributed by atoms with Crippen molar-refractivity contribution in [3.05, 3.63) is 35.4 Å². The maximum Gasteiger partial charge on any atom is 0.222 e. The third-order valence-corrected chi connectivity index (χ3v) is 4.08. The summed E-state index contributed by atoms with van der Waals surface area (Å²) in [4.78, 5) is 14.0. The van der Waals surface area contributed by atoms with Crippen LogP contribution in [0.15, 0.2) is 24.3 Å². The number of amides is 1. The molecule has 1 saturated heterocycles. The molecule has 3 nitrogen and oxygen atoms in total. The van der Waals surface area contributed by atoms with Crippen molar-refractivity contribution in [3.63, 3.8) is 0 Å². The molecule has 0 aromatic heterocycles. The van der Waals surface area contributed by atoms with Gasteiger partial charge >= 0.3 is 0 Å². The first-order valence-corrected chi connectivity index (χ1v) is 6.93.